The Labute approximate surface area is 89.2 Å². The van der Waals surface area contributed by atoms with E-state index in [4.69, 9.17) is 4.43 Å². The highest BCUT2D eigenvalue weighted by molar-refractivity contribution is 6.47. The monoisotopic (exact) mass is 232 g/mol. The van der Waals surface area contributed by atoms with Gasteiger partial charge < -0.3 is 4.43 Å². The summed E-state index contributed by atoms with van der Waals surface area (Å²) >= 11 is 0. The Bertz CT molecular complexity index is 360. The summed E-state index contributed by atoms with van der Waals surface area (Å²) in [6, 6.07) is 1.36. The minimum atomic E-state index is -1.18. The van der Waals surface area contributed by atoms with E-state index in [1.54, 1.807) is 20.8 Å². The Morgan fingerprint density at radius 2 is 1.53 bits per heavy atom. The number of halogens is 3. The second-order valence-corrected chi connectivity index (χ2v) is 5.01. The lowest BCUT2D eigenvalue weighted by molar-refractivity contribution is 0.141. The highest BCUT2D eigenvalue weighted by atomic mass is 28.2. The van der Waals surface area contributed by atoms with E-state index in [2.05, 4.69) is 0 Å². The van der Waals surface area contributed by atoms with Crippen LogP contribution in [0, 0.1) is 17.5 Å². The maximum absolute atomic E-state index is 13.1. The van der Waals surface area contributed by atoms with Gasteiger partial charge in [-0.1, -0.05) is 0 Å². The van der Waals surface area contributed by atoms with Crippen LogP contribution in [0.15, 0.2) is 12.1 Å². The van der Waals surface area contributed by atoms with Gasteiger partial charge in [-0.2, -0.15) is 0 Å². The van der Waals surface area contributed by atoms with Gasteiger partial charge in [-0.05, 0) is 26.8 Å². The van der Waals surface area contributed by atoms with Gasteiger partial charge in [-0.3, -0.25) is 0 Å². The van der Waals surface area contributed by atoms with Crippen LogP contribution in [0.2, 0.25) is 0 Å². The van der Waals surface area contributed by atoms with Crippen molar-refractivity contribution in [3.05, 3.63) is 29.6 Å². The standard InChI is InChI=1S/C10H11F3OSi/c1-10(2,3)14-15-9-5-7(12)6(11)4-8(9)13/h4-5H,1-3H3. The summed E-state index contributed by atoms with van der Waals surface area (Å²) in [6.45, 7) is 5.41. The normalized spacial score (nSPS) is 11.9. The van der Waals surface area contributed by atoms with Gasteiger partial charge >= 0.3 is 0 Å². The van der Waals surface area contributed by atoms with Crippen molar-refractivity contribution in [2.45, 2.75) is 26.4 Å². The molecule has 0 bridgehead atoms. The van der Waals surface area contributed by atoms with Crippen molar-refractivity contribution in [2.75, 3.05) is 0 Å². The number of hydrogen-bond acceptors (Lipinski definition) is 1. The predicted molar refractivity (Wildman–Crippen MR) is 52.5 cm³/mol. The first kappa shape index (κ1) is 12.3. The van der Waals surface area contributed by atoms with Crippen molar-refractivity contribution in [3.63, 3.8) is 0 Å². The lowest BCUT2D eigenvalue weighted by atomic mass is 10.2. The zero-order valence-corrected chi connectivity index (χ0v) is 9.70. The third kappa shape index (κ3) is 3.68. The van der Waals surface area contributed by atoms with E-state index >= 15 is 0 Å². The van der Waals surface area contributed by atoms with Gasteiger partial charge in [-0.25, -0.2) is 13.2 Å². The van der Waals surface area contributed by atoms with Crippen molar-refractivity contribution < 1.29 is 17.6 Å². The van der Waals surface area contributed by atoms with Gasteiger partial charge in [0.25, 0.3) is 9.76 Å². The summed E-state index contributed by atoms with van der Waals surface area (Å²) in [7, 11) is -0.334. The molecule has 5 heteroatoms. The first-order valence-corrected chi connectivity index (χ1v) is 5.29. The van der Waals surface area contributed by atoms with Crippen molar-refractivity contribution in [3.8, 4) is 0 Å². The smallest absolute Gasteiger partial charge is 0.272 e. The molecule has 0 N–H and O–H groups in total. The predicted octanol–water partition coefficient (Wildman–Crippen LogP) is 2.16. The first-order valence-electron chi connectivity index (χ1n) is 4.38. The van der Waals surface area contributed by atoms with Crippen LogP contribution in [0.4, 0.5) is 13.2 Å². The molecule has 1 rings (SSSR count). The molecule has 0 fully saturated rings. The molecular formula is C10H11F3OSi. The summed E-state index contributed by atoms with van der Waals surface area (Å²) in [5.74, 6) is -3.02. The summed E-state index contributed by atoms with van der Waals surface area (Å²) in [6.07, 6.45) is 0. The molecular weight excluding hydrogens is 221 g/mol. The molecule has 0 aliphatic rings. The fourth-order valence-corrected chi connectivity index (χ4v) is 1.58. The van der Waals surface area contributed by atoms with E-state index in [-0.39, 0.29) is 14.9 Å². The first-order chi connectivity index (χ1) is 6.79. The lowest BCUT2D eigenvalue weighted by Crippen LogP contribution is -2.30. The SMILES string of the molecule is CC(C)(C)O[Si]c1cc(F)c(F)cc1F. The van der Waals surface area contributed by atoms with Gasteiger partial charge in [0, 0.05) is 16.9 Å². The molecule has 1 aromatic rings. The topological polar surface area (TPSA) is 9.23 Å². The molecule has 0 spiro atoms. The maximum atomic E-state index is 13.1. The number of benzene rings is 1. The van der Waals surface area contributed by atoms with Crippen LogP contribution in [-0.4, -0.2) is 15.4 Å². The minimum absolute atomic E-state index is 0.0452. The number of rotatable bonds is 2. The molecule has 0 aliphatic heterocycles. The van der Waals surface area contributed by atoms with Crippen molar-refractivity contribution in [1.29, 1.82) is 0 Å². The molecule has 0 unspecified atom stereocenters. The summed E-state index contributed by atoms with van der Waals surface area (Å²) in [5.41, 5.74) is -0.435. The molecule has 0 amide bonds. The van der Waals surface area contributed by atoms with Crippen LogP contribution >= 0.6 is 0 Å². The van der Waals surface area contributed by atoms with E-state index in [1.807, 2.05) is 0 Å². The molecule has 0 aliphatic carbocycles. The van der Waals surface area contributed by atoms with Gasteiger partial charge in [0.2, 0.25) is 0 Å². The molecule has 15 heavy (non-hydrogen) atoms. The van der Waals surface area contributed by atoms with Crippen LogP contribution in [0.3, 0.4) is 0 Å². The molecule has 1 nitrogen and oxygen atoms in total. The van der Waals surface area contributed by atoms with E-state index < -0.39 is 23.1 Å². The van der Waals surface area contributed by atoms with Crippen molar-refractivity contribution in [2.24, 2.45) is 0 Å². The van der Waals surface area contributed by atoms with Crippen LogP contribution in [0.25, 0.3) is 0 Å². The fourth-order valence-electron chi connectivity index (χ4n) is 0.809. The highest BCUT2D eigenvalue weighted by Gasteiger charge is 2.15. The van der Waals surface area contributed by atoms with E-state index in [9.17, 15) is 13.2 Å². The summed E-state index contributed by atoms with van der Waals surface area (Å²) in [4.78, 5) is 0. The zero-order chi connectivity index (χ0) is 11.6. The molecule has 0 atom stereocenters. The van der Waals surface area contributed by atoms with Gasteiger partial charge in [-0.15, -0.1) is 0 Å². The number of hydrogen-bond donors (Lipinski definition) is 0. The molecule has 0 heterocycles. The van der Waals surface area contributed by atoms with Gasteiger partial charge in [0.1, 0.15) is 5.82 Å². The zero-order valence-electron chi connectivity index (χ0n) is 8.70. The molecule has 0 aromatic heterocycles. The van der Waals surface area contributed by atoms with Crippen LogP contribution < -0.4 is 5.19 Å². The highest BCUT2D eigenvalue weighted by Crippen LogP contribution is 2.08. The Morgan fingerprint density at radius 3 is 2.07 bits per heavy atom. The quantitative estimate of drug-likeness (QED) is 0.561. The Kier molecular flexibility index (Phi) is 3.57. The van der Waals surface area contributed by atoms with Crippen molar-refractivity contribution in [1.82, 2.24) is 0 Å². The third-order valence-corrected chi connectivity index (χ3v) is 2.79. The minimum Gasteiger partial charge on any atom is -0.407 e. The summed E-state index contributed by atoms with van der Waals surface area (Å²) < 4.78 is 43.8. The Balaban J connectivity index is 2.82. The Hall–Kier alpha value is -0.813. The molecule has 0 saturated heterocycles. The van der Waals surface area contributed by atoms with Crippen LogP contribution in [0.5, 0.6) is 0 Å². The van der Waals surface area contributed by atoms with E-state index in [1.165, 1.54) is 0 Å². The average Bonchev–Trinajstić information content (AvgIpc) is 2.07. The van der Waals surface area contributed by atoms with Gasteiger partial charge in [0.15, 0.2) is 11.6 Å². The second-order valence-electron chi connectivity index (χ2n) is 4.06. The third-order valence-electron chi connectivity index (χ3n) is 1.48. The maximum Gasteiger partial charge on any atom is 0.272 e. The fraction of sp³-hybridized carbons (Fsp3) is 0.400. The molecule has 2 radical (unpaired) electrons. The second kappa shape index (κ2) is 4.36. The lowest BCUT2D eigenvalue weighted by Gasteiger charge is -2.19. The molecule has 0 saturated carbocycles. The Morgan fingerprint density at radius 1 is 1.00 bits per heavy atom. The molecule has 82 valence electrons. The van der Waals surface area contributed by atoms with Crippen molar-refractivity contribution >= 4 is 14.9 Å². The summed E-state index contributed by atoms with van der Waals surface area (Å²) in [5, 5.41) is 0.0452. The van der Waals surface area contributed by atoms with E-state index in [0.717, 1.165) is 6.07 Å². The van der Waals surface area contributed by atoms with Crippen LogP contribution in [0.1, 0.15) is 20.8 Å². The average molecular weight is 232 g/mol. The largest absolute Gasteiger partial charge is 0.407 e. The van der Waals surface area contributed by atoms with Gasteiger partial charge in [0.05, 0.1) is 0 Å². The van der Waals surface area contributed by atoms with E-state index in [0.29, 0.717) is 6.07 Å². The molecule has 1 aromatic carbocycles. The van der Waals surface area contributed by atoms with Crippen LogP contribution in [-0.2, 0) is 4.43 Å².